The molecule has 0 aliphatic rings. The monoisotopic (exact) mass is 374 g/mol. The summed E-state index contributed by atoms with van der Waals surface area (Å²) in [6.45, 7) is 0.443. The molecule has 1 unspecified atom stereocenters. The lowest BCUT2D eigenvalue weighted by Crippen LogP contribution is -2.34. The zero-order valence-corrected chi connectivity index (χ0v) is 16.3. The number of hydrogen-bond acceptors (Lipinski definition) is 4. The first-order valence-electron chi connectivity index (χ1n) is 8.84. The second kappa shape index (κ2) is 9.92. The summed E-state index contributed by atoms with van der Waals surface area (Å²) in [5, 5.41) is 2.94. The third-order valence-electron chi connectivity index (χ3n) is 4.49. The molecule has 1 atom stereocenters. The SMILES string of the molecule is COc1ccc(C(CNC(=O)CCc2ccccc2F)N(C)C)cc1OC. The van der Waals surface area contributed by atoms with E-state index < -0.39 is 0 Å². The highest BCUT2D eigenvalue weighted by molar-refractivity contribution is 5.76. The summed E-state index contributed by atoms with van der Waals surface area (Å²) in [6.07, 6.45) is 0.620. The summed E-state index contributed by atoms with van der Waals surface area (Å²) in [5.41, 5.74) is 1.56. The normalized spacial score (nSPS) is 11.9. The molecule has 0 saturated carbocycles. The number of likely N-dealkylation sites (N-methyl/N-ethyl adjacent to an activating group) is 1. The number of benzene rings is 2. The van der Waals surface area contributed by atoms with Crippen LogP contribution in [0.4, 0.5) is 4.39 Å². The summed E-state index contributed by atoms with van der Waals surface area (Å²) < 4.78 is 24.3. The Kier molecular flexibility index (Phi) is 7.61. The standard InChI is InChI=1S/C21H27FN2O3/c1-24(2)18(16-9-11-19(26-3)20(13-16)27-4)14-23-21(25)12-10-15-7-5-6-8-17(15)22/h5-9,11,13,18H,10,12,14H2,1-4H3,(H,23,25). The van der Waals surface area contributed by atoms with Gasteiger partial charge in [0.1, 0.15) is 5.82 Å². The van der Waals surface area contributed by atoms with Crippen LogP contribution >= 0.6 is 0 Å². The summed E-state index contributed by atoms with van der Waals surface area (Å²) >= 11 is 0. The van der Waals surface area contributed by atoms with E-state index in [1.54, 1.807) is 32.4 Å². The highest BCUT2D eigenvalue weighted by Crippen LogP contribution is 2.31. The lowest BCUT2D eigenvalue weighted by molar-refractivity contribution is -0.121. The van der Waals surface area contributed by atoms with Crippen LogP contribution in [0.2, 0.25) is 0 Å². The fraction of sp³-hybridized carbons (Fsp3) is 0.381. The molecule has 2 rings (SSSR count). The Balaban J connectivity index is 1.98. The predicted molar refractivity (Wildman–Crippen MR) is 104 cm³/mol. The lowest BCUT2D eigenvalue weighted by Gasteiger charge is -2.26. The molecule has 0 aliphatic heterocycles. The highest BCUT2D eigenvalue weighted by atomic mass is 19.1. The maximum atomic E-state index is 13.7. The van der Waals surface area contributed by atoms with Crippen molar-refractivity contribution in [3.63, 3.8) is 0 Å². The highest BCUT2D eigenvalue weighted by Gasteiger charge is 2.17. The van der Waals surface area contributed by atoms with E-state index in [1.165, 1.54) is 6.07 Å². The number of carbonyl (C=O) groups is 1. The minimum atomic E-state index is -0.276. The molecule has 0 heterocycles. The Hall–Kier alpha value is -2.60. The smallest absolute Gasteiger partial charge is 0.220 e. The van der Waals surface area contributed by atoms with Crippen LogP contribution in [0, 0.1) is 5.82 Å². The zero-order valence-electron chi connectivity index (χ0n) is 16.3. The van der Waals surface area contributed by atoms with Crippen molar-refractivity contribution >= 4 is 5.91 Å². The van der Waals surface area contributed by atoms with Crippen molar-refractivity contribution in [3.8, 4) is 11.5 Å². The van der Waals surface area contributed by atoms with E-state index in [1.807, 2.05) is 37.2 Å². The number of ether oxygens (including phenoxy) is 2. The fourth-order valence-corrected chi connectivity index (χ4v) is 2.91. The first-order valence-corrected chi connectivity index (χ1v) is 8.84. The van der Waals surface area contributed by atoms with E-state index in [0.29, 0.717) is 30.0 Å². The van der Waals surface area contributed by atoms with Crippen molar-refractivity contribution < 1.29 is 18.7 Å². The summed E-state index contributed by atoms with van der Waals surface area (Å²) in [5.74, 6) is 0.924. The third-order valence-corrected chi connectivity index (χ3v) is 4.49. The van der Waals surface area contributed by atoms with Crippen LogP contribution in [0.15, 0.2) is 42.5 Å². The van der Waals surface area contributed by atoms with E-state index in [9.17, 15) is 9.18 Å². The maximum absolute atomic E-state index is 13.7. The minimum absolute atomic E-state index is 0.0257. The molecule has 6 heteroatoms. The van der Waals surface area contributed by atoms with Gasteiger partial charge < -0.3 is 19.7 Å². The van der Waals surface area contributed by atoms with Gasteiger partial charge in [-0.3, -0.25) is 4.79 Å². The molecule has 2 aromatic carbocycles. The van der Waals surface area contributed by atoms with Gasteiger partial charge in [-0.15, -0.1) is 0 Å². The average molecular weight is 374 g/mol. The van der Waals surface area contributed by atoms with Gasteiger partial charge in [0.15, 0.2) is 11.5 Å². The number of carbonyl (C=O) groups excluding carboxylic acids is 1. The predicted octanol–water partition coefficient (Wildman–Crippen LogP) is 3.19. The number of aryl methyl sites for hydroxylation is 1. The molecule has 27 heavy (non-hydrogen) atoms. The van der Waals surface area contributed by atoms with Crippen LogP contribution in [-0.2, 0) is 11.2 Å². The van der Waals surface area contributed by atoms with Crippen molar-refractivity contribution in [2.75, 3.05) is 34.9 Å². The quantitative estimate of drug-likeness (QED) is 0.732. The molecule has 0 spiro atoms. The molecule has 5 nitrogen and oxygen atoms in total. The number of methoxy groups -OCH3 is 2. The second-order valence-corrected chi connectivity index (χ2v) is 6.49. The van der Waals surface area contributed by atoms with Crippen molar-refractivity contribution in [2.24, 2.45) is 0 Å². The Morgan fingerprint density at radius 3 is 2.44 bits per heavy atom. The van der Waals surface area contributed by atoms with Gasteiger partial charge in [0.05, 0.1) is 20.3 Å². The summed E-state index contributed by atoms with van der Waals surface area (Å²) in [4.78, 5) is 14.2. The number of nitrogens with one attached hydrogen (secondary N) is 1. The van der Waals surface area contributed by atoms with E-state index in [-0.39, 0.29) is 24.2 Å². The first-order chi connectivity index (χ1) is 13.0. The molecule has 2 aromatic rings. The van der Waals surface area contributed by atoms with Gasteiger partial charge >= 0.3 is 0 Å². The van der Waals surface area contributed by atoms with Crippen molar-refractivity contribution in [3.05, 3.63) is 59.4 Å². The van der Waals surface area contributed by atoms with Crippen LogP contribution in [0.3, 0.4) is 0 Å². The van der Waals surface area contributed by atoms with Gasteiger partial charge in [0.2, 0.25) is 5.91 Å². The van der Waals surface area contributed by atoms with E-state index >= 15 is 0 Å². The minimum Gasteiger partial charge on any atom is -0.493 e. The Morgan fingerprint density at radius 1 is 1.11 bits per heavy atom. The van der Waals surface area contributed by atoms with Gasteiger partial charge in [-0.05, 0) is 49.8 Å². The van der Waals surface area contributed by atoms with Crippen LogP contribution in [0.25, 0.3) is 0 Å². The van der Waals surface area contributed by atoms with Crippen LogP contribution < -0.4 is 14.8 Å². The van der Waals surface area contributed by atoms with Crippen molar-refractivity contribution in [1.82, 2.24) is 10.2 Å². The molecule has 0 saturated heterocycles. The van der Waals surface area contributed by atoms with Crippen LogP contribution in [0.1, 0.15) is 23.6 Å². The topological polar surface area (TPSA) is 50.8 Å². The van der Waals surface area contributed by atoms with E-state index in [4.69, 9.17) is 9.47 Å². The van der Waals surface area contributed by atoms with Gasteiger partial charge in [0, 0.05) is 13.0 Å². The molecule has 0 aliphatic carbocycles. The van der Waals surface area contributed by atoms with Gasteiger partial charge in [-0.2, -0.15) is 0 Å². The molecule has 146 valence electrons. The molecule has 1 N–H and O–H groups in total. The number of amides is 1. The summed E-state index contributed by atoms with van der Waals surface area (Å²) in [6, 6.07) is 12.2. The third kappa shape index (κ3) is 5.69. The zero-order chi connectivity index (χ0) is 19.8. The molecule has 0 bridgehead atoms. The maximum Gasteiger partial charge on any atom is 0.220 e. The largest absolute Gasteiger partial charge is 0.493 e. The van der Waals surface area contributed by atoms with E-state index in [0.717, 1.165) is 5.56 Å². The van der Waals surface area contributed by atoms with E-state index in [2.05, 4.69) is 5.32 Å². The average Bonchev–Trinajstić information content (AvgIpc) is 2.67. The molecule has 0 radical (unpaired) electrons. The Morgan fingerprint density at radius 2 is 1.81 bits per heavy atom. The van der Waals surface area contributed by atoms with Crippen molar-refractivity contribution in [1.29, 1.82) is 0 Å². The van der Waals surface area contributed by atoms with Crippen molar-refractivity contribution in [2.45, 2.75) is 18.9 Å². The molecule has 0 fully saturated rings. The number of hydrogen-bond donors (Lipinski definition) is 1. The van der Waals surface area contributed by atoms with Gasteiger partial charge in [-0.1, -0.05) is 24.3 Å². The number of rotatable bonds is 9. The Bertz CT molecular complexity index is 765. The first kappa shape index (κ1) is 20.7. The van der Waals surface area contributed by atoms with Gasteiger partial charge in [0.25, 0.3) is 0 Å². The second-order valence-electron chi connectivity index (χ2n) is 6.49. The molecular formula is C21H27FN2O3. The fourth-order valence-electron chi connectivity index (χ4n) is 2.91. The lowest BCUT2D eigenvalue weighted by atomic mass is 10.0. The molecular weight excluding hydrogens is 347 g/mol. The number of nitrogens with zero attached hydrogens (tertiary/aromatic N) is 1. The number of halogens is 1. The van der Waals surface area contributed by atoms with Crippen LogP contribution in [-0.4, -0.2) is 45.7 Å². The molecule has 1 amide bonds. The van der Waals surface area contributed by atoms with Gasteiger partial charge in [-0.25, -0.2) is 4.39 Å². The summed E-state index contributed by atoms with van der Waals surface area (Å²) in [7, 11) is 7.09. The Labute approximate surface area is 160 Å². The van der Waals surface area contributed by atoms with Crippen LogP contribution in [0.5, 0.6) is 11.5 Å². The molecule has 0 aromatic heterocycles.